The first-order valence-electron chi connectivity index (χ1n) is 6.50. The highest BCUT2D eigenvalue weighted by atomic mass is 79.9. The number of halogens is 1. The summed E-state index contributed by atoms with van der Waals surface area (Å²) in [5.74, 6) is 0.769. The molecule has 1 unspecified atom stereocenters. The molecule has 2 N–H and O–H groups in total. The molecule has 0 aliphatic rings. The number of benzene rings is 1. The van der Waals surface area contributed by atoms with Gasteiger partial charge in [-0.3, -0.25) is 0 Å². The van der Waals surface area contributed by atoms with Crippen LogP contribution in [0.1, 0.15) is 19.8 Å². The molecule has 0 saturated carbocycles. The van der Waals surface area contributed by atoms with Gasteiger partial charge < -0.3 is 19.9 Å². The number of nitrogens with one attached hydrogen (secondary N) is 1. The van der Waals surface area contributed by atoms with Crippen molar-refractivity contribution in [3.05, 3.63) is 22.7 Å². The van der Waals surface area contributed by atoms with Crippen molar-refractivity contribution in [1.29, 1.82) is 0 Å². The molecule has 0 fully saturated rings. The number of aliphatic hydroxyl groups excluding tert-OH is 1. The summed E-state index contributed by atoms with van der Waals surface area (Å²) in [6, 6.07) is 5.71. The topological polar surface area (TPSA) is 50.7 Å². The van der Waals surface area contributed by atoms with E-state index in [1.54, 1.807) is 7.11 Å². The maximum absolute atomic E-state index is 9.78. The SMILES string of the molecule is CCCCOCC(O)CNc1cc(Br)cc(OC)c1. The Morgan fingerprint density at radius 3 is 2.84 bits per heavy atom. The molecule has 0 saturated heterocycles. The Bertz CT molecular complexity index is 374. The van der Waals surface area contributed by atoms with E-state index in [4.69, 9.17) is 9.47 Å². The molecule has 0 aliphatic carbocycles. The van der Waals surface area contributed by atoms with Gasteiger partial charge in [-0.25, -0.2) is 0 Å². The molecule has 1 atom stereocenters. The van der Waals surface area contributed by atoms with Crippen LogP contribution in [0, 0.1) is 0 Å². The Morgan fingerprint density at radius 2 is 2.16 bits per heavy atom. The molecule has 0 heterocycles. The molecule has 19 heavy (non-hydrogen) atoms. The van der Waals surface area contributed by atoms with Crippen molar-refractivity contribution in [2.45, 2.75) is 25.9 Å². The van der Waals surface area contributed by atoms with Gasteiger partial charge >= 0.3 is 0 Å². The summed E-state index contributed by atoms with van der Waals surface area (Å²) >= 11 is 3.41. The van der Waals surface area contributed by atoms with Crippen LogP contribution in [-0.2, 0) is 4.74 Å². The molecule has 0 aliphatic heterocycles. The van der Waals surface area contributed by atoms with Gasteiger partial charge in [0, 0.05) is 29.4 Å². The summed E-state index contributed by atoms with van der Waals surface area (Å²) in [7, 11) is 1.63. The highest BCUT2D eigenvalue weighted by Gasteiger charge is 2.05. The second-order valence-corrected chi connectivity index (χ2v) is 5.26. The highest BCUT2D eigenvalue weighted by Crippen LogP contribution is 2.24. The summed E-state index contributed by atoms with van der Waals surface area (Å²) in [6.45, 7) is 3.63. The third-order valence-corrected chi connectivity index (χ3v) is 3.06. The average molecular weight is 332 g/mol. The molecule has 4 nitrogen and oxygen atoms in total. The fraction of sp³-hybridized carbons (Fsp3) is 0.571. The first-order chi connectivity index (χ1) is 9.15. The van der Waals surface area contributed by atoms with Crippen molar-refractivity contribution >= 4 is 21.6 Å². The number of unbranched alkanes of at least 4 members (excludes halogenated alkanes) is 1. The molecule has 0 radical (unpaired) electrons. The van der Waals surface area contributed by atoms with E-state index in [1.165, 1.54) is 0 Å². The third-order valence-electron chi connectivity index (χ3n) is 2.60. The maximum Gasteiger partial charge on any atom is 0.122 e. The predicted molar refractivity (Wildman–Crippen MR) is 80.9 cm³/mol. The third kappa shape index (κ3) is 6.80. The summed E-state index contributed by atoms with van der Waals surface area (Å²) < 4.78 is 11.5. The van der Waals surface area contributed by atoms with E-state index in [1.807, 2.05) is 18.2 Å². The van der Waals surface area contributed by atoms with Crippen LogP contribution in [0.2, 0.25) is 0 Å². The summed E-state index contributed by atoms with van der Waals surface area (Å²) in [4.78, 5) is 0. The Balaban J connectivity index is 2.33. The fourth-order valence-corrected chi connectivity index (χ4v) is 2.02. The molecule has 1 rings (SSSR count). The minimum Gasteiger partial charge on any atom is -0.497 e. The van der Waals surface area contributed by atoms with E-state index in [0.29, 0.717) is 19.8 Å². The smallest absolute Gasteiger partial charge is 0.122 e. The molecule has 1 aromatic carbocycles. The number of hydrogen-bond acceptors (Lipinski definition) is 4. The molecule has 0 aromatic heterocycles. The largest absolute Gasteiger partial charge is 0.497 e. The fourth-order valence-electron chi connectivity index (χ4n) is 1.54. The molecule has 0 bridgehead atoms. The van der Waals surface area contributed by atoms with Crippen LogP contribution in [0.3, 0.4) is 0 Å². The second kappa shape index (κ2) is 9.18. The zero-order valence-electron chi connectivity index (χ0n) is 11.5. The van der Waals surface area contributed by atoms with Crippen LogP contribution in [0.4, 0.5) is 5.69 Å². The van der Waals surface area contributed by atoms with E-state index in [9.17, 15) is 5.11 Å². The monoisotopic (exact) mass is 331 g/mol. The minimum atomic E-state index is -0.512. The minimum absolute atomic E-state index is 0.359. The number of methoxy groups -OCH3 is 1. The van der Waals surface area contributed by atoms with Gasteiger partial charge in [-0.05, 0) is 18.6 Å². The van der Waals surface area contributed by atoms with Gasteiger partial charge in [0.25, 0.3) is 0 Å². The van der Waals surface area contributed by atoms with Crippen molar-refractivity contribution in [3.63, 3.8) is 0 Å². The van der Waals surface area contributed by atoms with Crippen molar-refractivity contribution in [2.75, 3.05) is 32.2 Å². The van der Waals surface area contributed by atoms with E-state index in [-0.39, 0.29) is 0 Å². The van der Waals surface area contributed by atoms with Crippen LogP contribution in [-0.4, -0.2) is 38.1 Å². The Labute approximate surface area is 123 Å². The van der Waals surface area contributed by atoms with Gasteiger partial charge in [0.2, 0.25) is 0 Å². The van der Waals surface area contributed by atoms with Gasteiger partial charge in [-0.1, -0.05) is 29.3 Å². The molecule has 0 amide bonds. The van der Waals surface area contributed by atoms with E-state index in [2.05, 4.69) is 28.2 Å². The number of ether oxygens (including phenoxy) is 2. The van der Waals surface area contributed by atoms with E-state index < -0.39 is 6.10 Å². The van der Waals surface area contributed by atoms with Crippen LogP contribution in [0.15, 0.2) is 22.7 Å². The molecule has 0 spiro atoms. The average Bonchev–Trinajstić information content (AvgIpc) is 2.40. The van der Waals surface area contributed by atoms with Crippen molar-refractivity contribution in [1.82, 2.24) is 0 Å². The van der Waals surface area contributed by atoms with Gasteiger partial charge in [0.1, 0.15) is 5.75 Å². The predicted octanol–water partition coefficient (Wildman–Crippen LogP) is 3.05. The van der Waals surface area contributed by atoms with Crippen LogP contribution in [0.25, 0.3) is 0 Å². The Kier molecular flexibility index (Phi) is 7.86. The molecular weight excluding hydrogens is 310 g/mol. The molecule has 108 valence electrons. The lowest BCUT2D eigenvalue weighted by Gasteiger charge is -2.14. The molecular formula is C14H22BrNO3. The summed E-state index contributed by atoms with van der Waals surface area (Å²) in [5, 5.41) is 12.9. The summed E-state index contributed by atoms with van der Waals surface area (Å²) in [6.07, 6.45) is 1.62. The number of rotatable bonds is 9. The maximum atomic E-state index is 9.78. The number of hydrogen-bond donors (Lipinski definition) is 2. The standard InChI is InChI=1S/C14H22BrNO3/c1-3-4-5-19-10-13(17)9-16-12-6-11(15)7-14(8-12)18-2/h6-8,13,16-17H,3-5,9-10H2,1-2H3. The van der Waals surface area contributed by atoms with Gasteiger partial charge in [-0.15, -0.1) is 0 Å². The van der Waals surface area contributed by atoms with Gasteiger partial charge in [0.05, 0.1) is 19.8 Å². The second-order valence-electron chi connectivity index (χ2n) is 4.34. The number of aliphatic hydroxyl groups is 1. The summed E-state index contributed by atoms with van der Waals surface area (Å²) in [5.41, 5.74) is 0.902. The first kappa shape index (κ1) is 16.3. The quantitative estimate of drug-likeness (QED) is 0.683. The van der Waals surface area contributed by atoms with Crippen molar-refractivity contribution < 1.29 is 14.6 Å². The lowest BCUT2D eigenvalue weighted by atomic mass is 10.3. The van der Waals surface area contributed by atoms with Crippen LogP contribution >= 0.6 is 15.9 Å². The van der Waals surface area contributed by atoms with E-state index >= 15 is 0 Å². The normalized spacial score (nSPS) is 12.2. The van der Waals surface area contributed by atoms with Gasteiger partial charge in [0.15, 0.2) is 0 Å². The van der Waals surface area contributed by atoms with Crippen LogP contribution in [0.5, 0.6) is 5.75 Å². The molecule has 5 heteroatoms. The van der Waals surface area contributed by atoms with Crippen molar-refractivity contribution in [2.24, 2.45) is 0 Å². The zero-order valence-corrected chi connectivity index (χ0v) is 13.1. The number of anilines is 1. The lowest BCUT2D eigenvalue weighted by Crippen LogP contribution is -2.25. The highest BCUT2D eigenvalue weighted by molar-refractivity contribution is 9.10. The zero-order chi connectivity index (χ0) is 14.1. The Hall–Kier alpha value is -0.780. The van der Waals surface area contributed by atoms with Crippen LogP contribution < -0.4 is 10.1 Å². The lowest BCUT2D eigenvalue weighted by molar-refractivity contribution is 0.0422. The molecule has 1 aromatic rings. The Morgan fingerprint density at radius 1 is 1.37 bits per heavy atom. The van der Waals surface area contributed by atoms with Gasteiger partial charge in [-0.2, -0.15) is 0 Å². The van der Waals surface area contributed by atoms with E-state index in [0.717, 1.165) is 28.8 Å². The van der Waals surface area contributed by atoms with Crippen molar-refractivity contribution in [3.8, 4) is 5.75 Å². The first-order valence-corrected chi connectivity index (χ1v) is 7.29.